The standard InChI is InChI=1S/C21H21F3N4O/c1-13-2-4-17-14(10-13)11-18(27-17)20(29)26-16-6-8-28(9-7-16)19-5-3-15(12-25-19)21(22,23)24/h2-5,10-12,16,27H,6-9H2,1H3,(H,26,29). The first-order valence-corrected chi connectivity index (χ1v) is 9.48. The van der Waals surface area contributed by atoms with Crippen LogP contribution in [0, 0.1) is 6.92 Å². The number of piperidine rings is 1. The monoisotopic (exact) mass is 402 g/mol. The number of hydrogen-bond acceptors (Lipinski definition) is 3. The topological polar surface area (TPSA) is 61.0 Å². The number of aryl methyl sites for hydroxylation is 1. The molecule has 1 aliphatic rings. The van der Waals surface area contributed by atoms with Gasteiger partial charge in [-0.2, -0.15) is 13.2 Å². The maximum absolute atomic E-state index is 12.7. The molecule has 0 radical (unpaired) electrons. The SMILES string of the molecule is Cc1ccc2[nH]c(C(=O)NC3CCN(c4ccc(C(F)(F)F)cn4)CC3)cc2c1. The molecule has 0 atom stereocenters. The lowest BCUT2D eigenvalue weighted by atomic mass is 10.0. The average Bonchev–Trinajstić information content (AvgIpc) is 3.11. The van der Waals surface area contributed by atoms with Crippen LogP contribution in [0.4, 0.5) is 19.0 Å². The van der Waals surface area contributed by atoms with Gasteiger partial charge in [0.2, 0.25) is 0 Å². The average molecular weight is 402 g/mol. The number of aromatic nitrogens is 2. The minimum Gasteiger partial charge on any atom is -0.356 e. The van der Waals surface area contributed by atoms with Crippen molar-refractivity contribution in [1.29, 1.82) is 0 Å². The number of H-pyrrole nitrogens is 1. The highest BCUT2D eigenvalue weighted by molar-refractivity contribution is 5.98. The molecule has 1 aliphatic heterocycles. The van der Waals surface area contributed by atoms with Crippen molar-refractivity contribution in [1.82, 2.24) is 15.3 Å². The fourth-order valence-electron chi connectivity index (χ4n) is 3.63. The van der Waals surface area contributed by atoms with Gasteiger partial charge in [-0.05, 0) is 50.1 Å². The Balaban J connectivity index is 1.35. The first kappa shape index (κ1) is 19.3. The van der Waals surface area contributed by atoms with Gasteiger partial charge in [-0.1, -0.05) is 11.6 Å². The summed E-state index contributed by atoms with van der Waals surface area (Å²) in [6.07, 6.45) is -2.12. The fourth-order valence-corrected chi connectivity index (χ4v) is 3.63. The number of nitrogens with zero attached hydrogens (tertiary/aromatic N) is 2. The molecule has 8 heteroatoms. The Kier molecular flexibility index (Phi) is 4.94. The Morgan fingerprint density at radius 3 is 2.59 bits per heavy atom. The van der Waals surface area contributed by atoms with E-state index < -0.39 is 11.7 Å². The molecule has 4 rings (SSSR count). The molecular weight excluding hydrogens is 381 g/mol. The third-order valence-corrected chi connectivity index (χ3v) is 5.25. The second-order valence-corrected chi connectivity index (χ2v) is 7.41. The van der Waals surface area contributed by atoms with Crippen molar-refractivity contribution < 1.29 is 18.0 Å². The third kappa shape index (κ3) is 4.21. The Morgan fingerprint density at radius 1 is 1.17 bits per heavy atom. The van der Waals surface area contributed by atoms with Crippen molar-refractivity contribution in [2.75, 3.05) is 18.0 Å². The van der Waals surface area contributed by atoms with Gasteiger partial charge in [0.05, 0.1) is 5.56 Å². The van der Waals surface area contributed by atoms with E-state index in [2.05, 4.69) is 15.3 Å². The number of rotatable bonds is 3. The summed E-state index contributed by atoms with van der Waals surface area (Å²) >= 11 is 0. The van der Waals surface area contributed by atoms with E-state index in [9.17, 15) is 18.0 Å². The summed E-state index contributed by atoms with van der Waals surface area (Å²) < 4.78 is 38.0. The fraction of sp³-hybridized carbons (Fsp3) is 0.333. The number of aromatic amines is 1. The second kappa shape index (κ2) is 7.42. The smallest absolute Gasteiger partial charge is 0.356 e. The molecule has 1 saturated heterocycles. The lowest BCUT2D eigenvalue weighted by Crippen LogP contribution is -2.45. The maximum Gasteiger partial charge on any atom is 0.417 e. The summed E-state index contributed by atoms with van der Waals surface area (Å²) in [4.78, 5) is 21.6. The molecule has 3 aromatic rings. The lowest BCUT2D eigenvalue weighted by Gasteiger charge is -2.33. The number of alkyl halides is 3. The van der Waals surface area contributed by atoms with Gasteiger partial charge in [0.1, 0.15) is 11.5 Å². The molecule has 0 bridgehead atoms. The number of pyridine rings is 1. The van der Waals surface area contributed by atoms with Crippen LogP contribution in [0.25, 0.3) is 10.9 Å². The van der Waals surface area contributed by atoms with Crippen LogP contribution in [0.15, 0.2) is 42.6 Å². The third-order valence-electron chi connectivity index (χ3n) is 5.25. The molecule has 1 amide bonds. The molecule has 152 valence electrons. The molecule has 29 heavy (non-hydrogen) atoms. The van der Waals surface area contributed by atoms with Crippen LogP contribution >= 0.6 is 0 Å². The molecule has 2 N–H and O–H groups in total. The van der Waals surface area contributed by atoms with Gasteiger partial charge >= 0.3 is 6.18 Å². The highest BCUT2D eigenvalue weighted by Gasteiger charge is 2.31. The predicted molar refractivity (Wildman–Crippen MR) is 105 cm³/mol. The van der Waals surface area contributed by atoms with Crippen LogP contribution in [0.1, 0.15) is 34.5 Å². The number of benzene rings is 1. The minimum atomic E-state index is -4.38. The van der Waals surface area contributed by atoms with Gasteiger partial charge in [-0.25, -0.2) is 4.98 Å². The van der Waals surface area contributed by atoms with E-state index in [1.54, 1.807) is 0 Å². The number of carbonyl (C=O) groups is 1. The Bertz CT molecular complexity index is 1020. The van der Waals surface area contributed by atoms with Crippen LogP contribution in [-0.4, -0.2) is 35.0 Å². The van der Waals surface area contributed by atoms with E-state index in [1.807, 2.05) is 36.1 Å². The zero-order chi connectivity index (χ0) is 20.6. The first-order valence-electron chi connectivity index (χ1n) is 9.48. The molecular formula is C21H21F3N4O. The van der Waals surface area contributed by atoms with E-state index in [4.69, 9.17) is 0 Å². The molecule has 0 saturated carbocycles. The van der Waals surface area contributed by atoms with Crippen molar-refractivity contribution in [3.63, 3.8) is 0 Å². The summed E-state index contributed by atoms with van der Waals surface area (Å²) in [6, 6.07) is 10.3. The lowest BCUT2D eigenvalue weighted by molar-refractivity contribution is -0.137. The summed E-state index contributed by atoms with van der Waals surface area (Å²) in [6.45, 7) is 3.25. The van der Waals surface area contributed by atoms with Crippen molar-refractivity contribution in [2.45, 2.75) is 32.0 Å². The second-order valence-electron chi connectivity index (χ2n) is 7.41. The van der Waals surface area contributed by atoms with E-state index >= 15 is 0 Å². The molecule has 2 aromatic heterocycles. The Labute approximate surface area is 165 Å². The first-order chi connectivity index (χ1) is 13.8. The largest absolute Gasteiger partial charge is 0.417 e. The van der Waals surface area contributed by atoms with Gasteiger partial charge < -0.3 is 15.2 Å². The summed E-state index contributed by atoms with van der Waals surface area (Å²) in [5.74, 6) is 0.374. The highest BCUT2D eigenvalue weighted by atomic mass is 19.4. The van der Waals surface area contributed by atoms with E-state index in [0.717, 1.165) is 28.7 Å². The van der Waals surface area contributed by atoms with Crippen LogP contribution in [0.2, 0.25) is 0 Å². The normalized spacial score (nSPS) is 15.7. The number of halogens is 3. The summed E-state index contributed by atoms with van der Waals surface area (Å²) in [7, 11) is 0. The molecule has 0 aliphatic carbocycles. The Hall–Kier alpha value is -3.03. The van der Waals surface area contributed by atoms with Crippen molar-refractivity contribution in [2.24, 2.45) is 0 Å². The van der Waals surface area contributed by atoms with E-state index in [-0.39, 0.29) is 11.9 Å². The van der Waals surface area contributed by atoms with Crippen LogP contribution in [0.5, 0.6) is 0 Å². The molecule has 3 heterocycles. The molecule has 5 nitrogen and oxygen atoms in total. The number of carbonyl (C=O) groups excluding carboxylic acids is 1. The maximum atomic E-state index is 12.7. The van der Waals surface area contributed by atoms with Crippen LogP contribution in [-0.2, 0) is 6.18 Å². The van der Waals surface area contributed by atoms with Gasteiger partial charge in [0, 0.05) is 36.2 Å². The molecule has 0 unspecified atom stereocenters. The highest BCUT2D eigenvalue weighted by Crippen LogP contribution is 2.29. The van der Waals surface area contributed by atoms with Gasteiger partial charge in [0.15, 0.2) is 0 Å². The number of fused-ring (bicyclic) bond motifs is 1. The van der Waals surface area contributed by atoms with Crippen LogP contribution in [0.3, 0.4) is 0 Å². The minimum absolute atomic E-state index is 0.0151. The van der Waals surface area contributed by atoms with Gasteiger partial charge in [-0.3, -0.25) is 4.79 Å². The zero-order valence-electron chi connectivity index (χ0n) is 15.9. The quantitative estimate of drug-likeness (QED) is 0.687. The molecule has 1 fully saturated rings. The van der Waals surface area contributed by atoms with Crippen molar-refractivity contribution in [3.05, 3.63) is 59.4 Å². The van der Waals surface area contributed by atoms with E-state index in [0.29, 0.717) is 37.4 Å². The number of amides is 1. The zero-order valence-corrected chi connectivity index (χ0v) is 15.9. The number of anilines is 1. The van der Waals surface area contributed by atoms with E-state index in [1.165, 1.54) is 6.07 Å². The molecule has 1 aromatic carbocycles. The van der Waals surface area contributed by atoms with Crippen molar-refractivity contribution >= 4 is 22.6 Å². The number of nitrogens with one attached hydrogen (secondary N) is 2. The summed E-state index contributed by atoms with van der Waals surface area (Å²) in [5.41, 5.74) is 1.83. The molecule has 0 spiro atoms. The van der Waals surface area contributed by atoms with Gasteiger partial charge in [0.25, 0.3) is 5.91 Å². The predicted octanol–water partition coefficient (Wildman–Crippen LogP) is 4.29. The van der Waals surface area contributed by atoms with Crippen LogP contribution < -0.4 is 10.2 Å². The van der Waals surface area contributed by atoms with Crippen molar-refractivity contribution in [3.8, 4) is 0 Å². The van der Waals surface area contributed by atoms with Gasteiger partial charge in [-0.15, -0.1) is 0 Å². The number of hydrogen-bond donors (Lipinski definition) is 2. The summed E-state index contributed by atoms with van der Waals surface area (Å²) in [5, 5.41) is 4.04. The Morgan fingerprint density at radius 2 is 1.93 bits per heavy atom.